The molecular weight excluding hydrogens is 490 g/mol. The molecule has 4 heterocycles. The number of aromatic nitrogens is 2. The van der Waals surface area contributed by atoms with Crippen LogP contribution < -0.4 is 9.80 Å². The number of aliphatic hydroxyl groups excluding tert-OH is 1. The van der Waals surface area contributed by atoms with E-state index < -0.39 is 23.5 Å². The molecule has 198 valence electrons. The lowest BCUT2D eigenvalue weighted by molar-refractivity contribution is -0.138. The van der Waals surface area contributed by atoms with E-state index in [9.17, 15) is 31.1 Å². The summed E-state index contributed by atoms with van der Waals surface area (Å²) in [5, 5.41) is 9.01. The summed E-state index contributed by atoms with van der Waals surface area (Å²) in [5.74, 6) is 1.47. The molecule has 0 spiro atoms. The number of anilines is 2. The Kier molecular flexibility index (Phi) is 9.15. The Morgan fingerprint density at radius 1 is 0.778 bits per heavy atom. The number of aliphatic hydroxyl groups is 1. The van der Waals surface area contributed by atoms with Crippen molar-refractivity contribution in [1.82, 2.24) is 9.97 Å². The molecule has 6 nitrogen and oxygen atoms in total. The molecule has 2 aliphatic heterocycles. The average Bonchev–Trinajstić information content (AvgIpc) is 2.88. The molecule has 2 aliphatic rings. The summed E-state index contributed by atoms with van der Waals surface area (Å²) >= 11 is 0. The maximum atomic E-state index is 12.4. The highest BCUT2D eigenvalue weighted by Crippen LogP contribution is 2.31. The Morgan fingerprint density at radius 2 is 1.19 bits per heavy atom. The number of pyridine rings is 2. The van der Waals surface area contributed by atoms with Crippen LogP contribution in [0.1, 0.15) is 36.8 Å². The minimum absolute atomic E-state index is 0.0655. The smallest absolute Gasteiger partial charge is 0.396 e. The van der Waals surface area contributed by atoms with Crippen molar-refractivity contribution < 1.29 is 36.2 Å². The van der Waals surface area contributed by atoms with Gasteiger partial charge in [-0.1, -0.05) is 0 Å². The normalized spacial score (nSPS) is 18.0. The van der Waals surface area contributed by atoms with Gasteiger partial charge < -0.3 is 19.7 Å². The van der Waals surface area contributed by atoms with Crippen molar-refractivity contribution in [3.63, 3.8) is 0 Å². The molecular formula is C24H28F6N4O2. The third-order valence-corrected chi connectivity index (χ3v) is 6.40. The quantitative estimate of drug-likeness (QED) is 0.462. The number of piperidine rings is 2. The molecule has 2 aromatic rings. The van der Waals surface area contributed by atoms with Crippen LogP contribution in [0.4, 0.5) is 38.0 Å². The fourth-order valence-corrected chi connectivity index (χ4v) is 4.09. The van der Waals surface area contributed by atoms with Crippen LogP contribution in [0, 0.1) is 11.8 Å². The molecule has 0 atom stereocenters. The van der Waals surface area contributed by atoms with Crippen LogP contribution in [0.3, 0.4) is 0 Å². The first-order valence-electron chi connectivity index (χ1n) is 11.6. The molecule has 2 aromatic heterocycles. The van der Waals surface area contributed by atoms with Crippen molar-refractivity contribution in [3.05, 3.63) is 47.8 Å². The van der Waals surface area contributed by atoms with Crippen LogP contribution >= 0.6 is 0 Å². The molecule has 0 unspecified atom stereocenters. The molecule has 36 heavy (non-hydrogen) atoms. The van der Waals surface area contributed by atoms with Gasteiger partial charge in [-0.3, -0.25) is 0 Å². The topological polar surface area (TPSA) is 69.6 Å². The minimum atomic E-state index is -4.35. The first-order chi connectivity index (χ1) is 17.0. The first kappa shape index (κ1) is 27.7. The number of hydrogen-bond donors (Lipinski definition) is 1. The lowest BCUT2D eigenvalue weighted by Gasteiger charge is -2.32. The SMILES string of the molecule is O=CC1CCN(c2ccc(C(F)(F)F)cn2)CC1.OCC1CCN(c2ccc(C(F)(F)F)cn2)CC1. The van der Waals surface area contributed by atoms with Crippen molar-refractivity contribution in [2.75, 3.05) is 42.6 Å². The van der Waals surface area contributed by atoms with E-state index in [2.05, 4.69) is 9.97 Å². The molecule has 0 radical (unpaired) electrons. The van der Waals surface area contributed by atoms with Gasteiger partial charge in [0, 0.05) is 51.1 Å². The summed E-state index contributed by atoms with van der Waals surface area (Å²) in [6.45, 7) is 2.94. The average molecular weight is 519 g/mol. The maximum absolute atomic E-state index is 12.4. The number of halogens is 6. The van der Waals surface area contributed by atoms with Crippen molar-refractivity contribution in [2.45, 2.75) is 38.0 Å². The standard InChI is InChI=1S/C12H15F3N2O.C12H13F3N2O/c2*13-12(14,15)10-1-2-11(16-7-10)17-5-3-9(8-18)4-6-17/h1-2,7,9,18H,3-6,8H2;1-2,7-9H,3-6H2. The highest BCUT2D eigenvalue weighted by molar-refractivity contribution is 5.54. The van der Waals surface area contributed by atoms with Gasteiger partial charge in [-0.05, 0) is 55.9 Å². The van der Waals surface area contributed by atoms with Gasteiger partial charge in [0.1, 0.15) is 17.9 Å². The van der Waals surface area contributed by atoms with Gasteiger partial charge in [-0.25, -0.2) is 9.97 Å². The second-order valence-corrected chi connectivity index (χ2v) is 8.88. The van der Waals surface area contributed by atoms with Gasteiger partial charge >= 0.3 is 12.4 Å². The second-order valence-electron chi connectivity index (χ2n) is 8.88. The van der Waals surface area contributed by atoms with Gasteiger partial charge in [-0.2, -0.15) is 26.3 Å². The Morgan fingerprint density at radius 3 is 1.50 bits per heavy atom. The Bertz CT molecular complexity index is 951. The molecule has 0 amide bonds. The van der Waals surface area contributed by atoms with E-state index >= 15 is 0 Å². The van der Waals surface area contributed by atoms with Gasteiger partial charge in [0.2, 0.25) is 0 Å². The summed E-state index contributed by atoms with van der Waals surface area (Å²) < 4.78 is 74.2. The zero-order valence-electron chi connectivity index (χ0n) is 19.5. The van der Waals surface area contributed by atoms with E-state index in [-0.39, 0.29) is 12.5 Å². The third-order valence-electron chi connectivity index (χ3n) is 6.40. The van der Waals surface area contributed by atoms with Crippen LogP contribution in [-0.4, -0.2) is 54.1 Å². The number of carbonyl (C=O) groups excluding carboxylic acids is 1. The van der Waals surface area contributed by atoms with Gasteiger partial charge in [0.25, 0.3) is 0 Å². The largest absolute Gasteiger partial charge is 0.417 e. The summed E-state index contributed by atoms with van der Waals surface area (Å²) in [6, 6.07) is 4.88. The Balaban J connectivity index is 0.000000201. The van der Waals surface area contributed by atoms with E-state index in [4.69, 9.17) is 5.11 Å². The monoisotopic (exact) mass is 518 g/mol. The zero-order chi connectivity index (χ0) is 26.3. The number of nitrogens with zero attached hydrogens (tertiary/aromatic N) is 4. The molecule has 0 bridgehead atoms. The first-order valence-corrected chi connectivity index (χ1v) is 11.6. The van der Waals surface area contributed by atoms with Gasteiger partial charge in [0.05, 0.1) is 11.1 Å². The maximum Gasteiger partial charge on any atom is 0.417 e. The fraction of sp³-hybridized carbons (Fsp3) is 0.542. The summed E-state index contributed by atoms with van der Waals surface area (Å²) in [4.78, 5) is 22.2. The molecule has 1 N–H and O–H groups in total. The predicted octanol–water partition coefficient (Wildman–Crippen LogP) is 4.82. The van der Waals surface area contributed by atoms with Crippen molar-refractivity contribution in [3.8, 4) is 0 Å². The number of rotatable bonds is 4. The number of aldehydes is 1. The Hall–Kier alpha value is -2.89. The van der Waals surface area contributed by atoms with Gasteiger partial charge in [0.15, 0.2) is 0 Å². The van der Waals surface area contributed by atoms with Crippen molar-refractivity contribution in [1.29, 1.82) is 0 Å². The number of hydrogen-bond acceptors (Lipinski definition) is 6. The highest BCUT2D eigenvalue weighted by Gasteiger charge is 2.32. The number of alkyl halides is 6. The molecule has 12 heteroatoms. The molecule has 0 aliphatic carbocycles. The molecule has 2 fully saturated rings. The van der Waals surface area contributed by atoms with E-state index in [1.54, 1.807) is 0 Å². The van der Waals surface area contributed by atoms with E-state index in [0.717, 1.165) is 69.6 Å². The Labute approximate surface area is 204 Å². The van der Waals surface area contributed by atoms with Gasteiger partial charge in [-0.15, -0.1) is 0 Å². The summed E-state index contributed by atoms with van der Waals surface area (Å²) in [6.07, 6.45) is -2.88. The van der Waals surface area contributed by atoms with E-state index in [0.29, 0.717) is 30.6 Å². The third kappa shape index (κ3) is 7.55. The fourth-order valence-electron chi connectivity index (χ4n) is 4.09. The minimum Gasteiger partial charge on any atom is -0.396 e. The summed E-state index contributed by atoms with van der Waals surface area (Å²) in [7, 11) is 0. The lowest BCUT2D eigenvalue weighted by Crippen LogP contribution is -2.35. The predicted molar refractivity (Wildman–Crippen MR) is 122 cm³/mol. The molecule has 2 saturated heterocycles. The zero-order valence-corrected chi connectivity index (χ0v) is 19.5. The molecule has 0 saturated carbocycles. The van der Waals surface area contributed by atoms with Crippen LogP contribution in [0.15, 0.2) is 36.7 Å². The van der Waals surface area contributed by atoms with Crippen molar-refractivity contribution >= 4 is 17.9 Å². The number of carbonyl (C=O) groups is 1. The van der Waals surface area contributed by atoms with Crippen LogP contribution in [0.5, 0.6) is 0 Å². The van der Waals surface area contributed by atoms with Crippen molar-refractivity contribution in [2.24, 2.45) is 11.8 Å². The second kappa shape index (κ2) is 11.9. The van der Waals surface area contributed by atoms with Crippen LogP contribution in [0.25, 0.3) is 0 Å². The molecule has 0 aromatic carbocycles. The van der Waals surface area contributed by atoms with Crippen LogP contribution in [-0.2, 0) is 17.1 Å². The van der Waals surface area contributed by atoms with E-state index in [1.807, 2.05) is 9.80 Å². The lowest BCUT2D eigenvalue weighted by atomic mass is 9.98. The highest BCUT2D eigenvalue weighted by atomic mass is 19.4. The van der Waals surface area contributed by atoms with Crippen LogP contribution in [0.2, 0.25) is 0 Å². The summed E-state index contributed by atoms with van der Waals surface area (Å²) in [5.41, 5.74) is -1.47. The van der Waals surface area contributed by atoms with E-state index in [1.165, 1.54) is 12.1 Å². The molecule has 4 rings (SSSR count).